The van der Waals surface area contributed by atoms with Crippen LogP contribution in [0, 0.1) is 5.92 Å². The van der Waals surface area contributed by atoms with Crippen molar-refractivity contribution in [3.05, 3.63) is 36.0 Å². The zero-order chi connectivity index (χ0) is 22.4. The second-order valence-corrected chi connectivity index (χ2v) is 9.10. The number of hydrogen-bond acceptors (Lipinski definition) is 7. The van der Waals surface area contributed by atoms with Gasteiger partial charge in [-0.1, -0.05) is 32.5 Å². The number of aromatic nitrogens is 4. The molecule has 0 spiro atoms. The average molecular weight is 442 g/mol. The van der Waals surface area contributed by atoms with Gasteiger partial charge in [0.25, 0.3) is 5.91 Å². The summed E-state index contributed by atoms with van der Waals surface area (Å²) < 4.78 is 1.83. The number of rotatable bonds is 10. The third-order valence-corrected chi connectivity index (χ3v) is 5.41. The Morgan fingerprint density at radius 1 is 1.19 bits per heavy atom. The molecule has 3 aromatic rings. The smallest absolute Gasteiger partial charge is 0.251 e. The highest BCUT2D eigenvalue weighted by molar-refractivity contribution is 7.99. The Kier molecular flexibility index (Phi) is 7.73. The Morgan fingerprint density at radius 3 is 2.58 bits per heavy atom. The van der Waals surface area contributed by atoms with Crippen molar-refractivity contribution >= 4 is 40.2 Å². The minimum atomic E-state index is -0.0992. The summed E-state index contributed by atoms with van der Waals surface area (Å²) in [7, 11) is 3.95. The van der Waals surface area contributed by atoms with Gasteiger partial charge in [0.2, 0.25) is 0 Å². The van der Waals surface area contributed by atoms with Gasteiger partial charge in [-0.3, -0.25) is 4.79 Å². The monoisotopic (exact) mass is 441 g/mol. The maximum atomic E-state index is 12.5. The number of thioether (sulfide) groups is 1. The quantitative estimate of drug-likeness (QED) is 0.368. The first-order chi connectivity index (χ1) is 14.9. The number of nitrogens with one attached hydrogen (secondary N) is 2. The molecule has 1 aromatic carbocycles. The molecule has 9 heteroatoms. The van der Waals surface area contributed by atoms with Gasteiger partial charge in [-0.05, 0) is 35.9 Å². The Labute approximate surface area is 187 Å². The molecule has 2 heterocycles. The van der Waals surface area contributed by atoms with E-state index >= 15 is 0 Å². The van der Waals surface area contributed by atoms with E-state index in [1.165, 1.54) is 0 Å². The summed E-state index contributed by atoms with van der Waals surface area (Å²) in [4.78, 5) is 23.8. The van der Waals surface area contributed by atoms with Crippen LogP contribution in [-0.4, -0.2) is 58.6 Å². The van der Waals surface area contributed by atoms with Crippen molar-refractivity contribution in [3.8, 4) is 0 Å². The van der Waals surface area contributed by atoms with Gasteiger partial charge in [0, 0.05) is 38.4 Å². The molecule has 0 fully saturated rings. The summed E-state index contributed by atoms with van der Waals surface area (Å²) in [5.74, 6) is 2.11. The van der Waals surface area contributed by atoms with Gasteiger partial charge in [0.05, 0.1) is 18.1 Å². The summed E-state index contributed by atoms with van der Waals surface area (Å²) in [6.07, 6.45) is 1.79. The molecule has 0 aliphatic heterocycles. The SMILES string of the molecule is CCSc1nc(NCC(C)C)c2cnn(CCNC(=O)c3ccc(N(C)C)cc3)c2n1. The number of carbonyl (C=O) groups excluding carboxylic acids is 1. The predicted octanol–water partition coefficient (Wildman–Crippen LogP) is 3.50. The number of carbonyl (C=O) groups is 1. The van der Waals surface area contributed by atoms with Gasteiger partial charge in [-0.15, -0.1) is 0 Å². The van der Waals surface area contributed by atoms with Crippen LogP contribution in [0.25, 0.3) is 11.0 Å². The number of anilines is 2. The lowest BCUT2D eigenvalue weighted by Crippen LogP contribution is -2.27. The first-order valence-corrected chi connectivity index (χ1v) is 11.5. The second-order valence-electron chi connectivity index (χ2n) is 7.86. The van der Waals surface area contributed by atoms with E-state index in [0.717, 1.165) is 40.0 Å². The molecule has 0 atom stereocenters. The van der Waals surface area contributed by atoms with E-state index in [0.29, 0.717) is 24.6 Å². The summed E-state index contributed by atoms with van der Waals surface area (Å²) in [5.41, 5.74) is 2.48. The van der Waals surface area contributed by atoms with E-state index in [9.17, 15) is 4.79 Å². The minimum absolute atomic E-state index is 0.0992. The topological polar surface area (TPSA) is 88.0 Å². The van der Waals surface area contributed by atoms with Crippen molar-refractivity contribution in [1.82, 2.24) is 25.1 Å². The largest absolute Gasteiger partial charge is 0.378 e. The lowest BCUT2D eigenvalue weighted by molar-refractivity contribution is 0.0952. The van der Waals surface area contributed by atoms with Crippen LogP contribution in [0.15, 0.2) is 35.6 Å². The van der Waals surface area contributed by atoms with Gasteiger partial charge in [-0.25, -0.2) is 14.6 Å². The van der Waals surface area contributed by atoms with Crippen molar-refractivity contribution < 1.29 is 4.79 Å². The zero-order valence-electron chi connectivity index (χ0n) is 18.8. The van der Waals surface area contributed by atoms with E-state index < -0.39 is 0 Å². The predicted molar refractivity (Wildman–Crippen MR) is 128 cm³/mol. The van der Waals surface area contributed by atoms with Gasteiger partial charge in [-0.2, -0.15) is 5.10 Å². The Morgan fingerprint density at radius 2 is 1.94 bits per heavy atom. The van der Waals surface area contributed by atoms with Crippen LogP contribution in [0.4, 0.5) is 11.5 Å². The standard InChI is InChI=1S/C22H31N7OS/c1-6-31-22-26-19(24-13-15(2)3)18-14-25-29(20(18)27-22)12-11-23-21(30)16-7-9-17(10-8-16)28(4)5/h7-10,14-15H,6,11-13H2,1-5H3,(H,23,30)(H,24,26,27). The molecule has 0 bridgehead atoms. The molecule has 3 rings (SSSR count). The van der Waals surface area contributed by atoms with Gasteiger partial charge in [0.15, 0.2) is 10.8 Å². The Balaban J connectivity index is 1.70. The summed E-state index contributed by atoms with van der Waals surface area (Å²) in [5, 5.41) is 12.5. The molecular formula is C22H31N7OS. The van der Waals surface area contributed by atoms with Crippen LogP contribution in [0.3, 0.4) is 0 Å². The van der Waals surface area contributed by atoms with Crippen LogP contribution in [-0.2, 0) is 6.54 Å². The fraction of sp³-hybridized carbons (Fsp3) is 0.455. The molecule has 31 heavy (non-hydrogen) atoms. The molecule has 0 saturated carbocycles. The maximum Gasteiger partial charge on any atom is 0.251 e. The highest BCUT2D eigenvalue weighted by Gasteiger charge is 2.14. The van der Waals surface area contributed by atoms with Gasteiger partial charge < -0.3 is 15.5 Å². The number of nitrogens with zero attached hydrogens (tertiary/aromatic N) is 5. The highest BCUT2D eigenvalue weighted by atomic mass is 32.2. The normalized spacial score (nSPS) is 11.2. The number of hydrogen-bond donors (Lipinski definition) is 2. The summed E-state index contributed by atoms with van der Waals surface area (Å²) in [6, 6.07) is 7.54. The van der Waals surface area contributed by atoms with Crippen molar-refractivity contribution in [2.75, 3.05) is 43.2 Å². The lowest BCUT2D eigenvalue weighted by atomic mass is 10.2. The average Bonchev–Trinajstić information content (AvgIpc) is 3.15. The number of benzene rings is 1. The van der Waals surface area contributed by atoms with E-state index in [2.05, 4.69) is 46.5 Å². The maximum absolute atomic E-state index is 12.5. The molecule has 8 nitrogen and oxygen atoms in total. The van der Waals surface area contributed by atoms with E-state index in [-0.39, 0.29) is 5.91 Å². The number of amides is 1. The zero-order valence-corrected chi connectivity index (χ0v) is 19.7. The molecule has 0 saturated heterocycles. The first kappa shape index (κ1) is 22.9. The fourth-order valence-corrected chi connectivity index (χ4v) is 3.58. The van der Waals surface area contributed by atoms with E-state index in [1.54, 1.807) is 18.0 Å². The molecule has 0 aliphatic rings. The Bertz CT molecular complexity index is 1010. The third kappa shape index (κ3) is 5.88. The van der Waals surface area contributed by atoms with Crippen LogP contribution >= 0.6 is 11.8 Å². The van der Waals surface area contributed by atoms with E-state index in [4.69, 9.17) is 0 Å². The van der Waals surface area contributed by atoms with Crippen LogP contribution in [0.1, 0.15) is 31.1 Å². The van der Waals surface area contributed by atoms with Gasteiger partial charge >= 0.3 is 0 Å². The molecule has 0 radical (unpaired) electrons. The fourth-order valence-electron chi connectivity index (χ4n) is 3.02. The molecule has 0 unspecified atom stereocenters. The molecule has 0 aliphatic carbocycles. The second kappa shape index (κ2) is 10.5. The van der Waals surface area contributed by atoms with Crippen molar-refractivity contribution in [2.24, 2.45) is 5.92 Å². The summed E-state index contributed by atoms with van der Waals surface area (Å²) in [6.45, 7) is 8.22. The van der Waals surface area contributed by atoms with Crippen LogP contribution in [0.2, 0.25) is 0 Å². The molecule has 2 N–H and O–H groups in total. The van der Waals surface area contributed by atoms with Crippen molar-refractivity contribution in [3.63, 3.8) is 0 Å². The van der Waals surface area contributed by atoms with E-state index in [1.807, 2.05) is 47.9 Å². The Hall–Kier alpha value is -2.81. The highest BCUT2D eigenvalue weighted by Crippen LogP contribution is 2.24. The molecule has 2 aromatic heterocycles. The van der Waals surface area contributed by atoms with Crippen LogP contribution in [0.5, 0.6) is 0 Å². The molecule has 1 amide bonds. The first-order valence-electron chi connectivity index (χ1n) is 10.5. The molecular weight excluding hydrogens is 410 g/mol. The third-order valence-electron chi connectivity index (χ3n) is 4.68. The van der Waals surface area contributed by atoms with Crippen molar-refractivity contribution in [1.29, 1.82) is 0 Å². The van der Waals surface area contributed by atoms with Crippen LogP contribution < -0.4 is 15.5 Å². The van der Waals surface area contributed by atoms with Gasteiger partial charge in [0.1, 0.15) is 5.82 Å². The summed E-state index contributed by atoms with van der Waals surface area (Å²) >= 11 is 1.60. The minimum Gasteiger partial charge on any atom is -0.378 e. The lowest BCUT2D eigenvalue weighted by Gasteiger charge is -2.13. The van der Waals surface area contributed by atoms with Crippen molar-refractivity contribution in [2.45, 2.75) is 32.5 Å². The molecule has 166 valence electrons. The number of fused-ring (bicyclic) bond motifs is 1.